The van der Waals surface area contributed by atoms with Crippen LogP contribution in [0.2, 0.25) is 0 Å². The lowest BCUT2D eigenvalue weighted by molar-refractivity contribution is 0.389. The highest BCUT2D eigenvalue weighted by atomic mass is 15.4. The maximum absolute atomic E-state index is 4.48. The molecule has 2 aromatic heterocycles. The van der Waals surface area contributed by atoms with Gasteiger partial charge in [0.25, 0.3) is 0 Å². The van der Waals surface area contributed by atoms with Crippen LogP contribution >= 0.6 is 0 Å². The summed E-state index contributed by atoms with van der Waals surface area (Å²) in [5, 5.41) is 11.0. The molecule has 0 radical (unpaired) electrons. The normalized spacial score (nSPS) is 11.3. The number of hydrogen-bond acceptors (Lipinski definition) is 5. The summed E-state index contributed by atoms with van der Waals surface area (Å²) in [4.78, 5) is 8.68. The van der Waals surface area contributed by atoms with Crippen LogP contribution in [0.15, 0.2) is 55.0 Å². The molecule has 0 bridgehead atoms. The highest BCUT2D eigenvalue weighted by Gasteiger charge is 2.10. The Morgan fingerprint density at radius 3 is 2.60 bits per heavy atom. The van der Waals surface area contributed by atoms with E-state index < -0.39 is 0 Å². The molecule has 25 heavy (non-hydrogen) atoms. The summed E-state index contributed by atoms with van der Waals surface area (Å²) in [5.41, 5.74) is 2.18. The van der Waals surface area contributed by atoms with Crippen molar-refractivity contribution in [1.29, 1.82) is 0 Å². The average molecular weight is 336 g/mol. The molecule has 0 unspecified atom stereocenters. The fourth-order valence-electron chi connectivity index (χ4n) is 2.32. The SMILES string of the molecule is CC(C)(C)CCNc1cc(-n2cnc(Nc3ccccc3)n2)ccn1. The summed E-state index contributed by atoms with van der Waals surface area (Å²) < 4.78 is 1.74. The smallest absolute Gasteiger partial charge is 0.246 e. The molecule has 0 amide bonds. The maximum atomic E-state index is 4.48. The summed E-state index contributed by atoms with van der Waals surface area (Å²) in [7, 11) is 0. The van der Waals surface area contributed by atoms with Crippen molar-refractivity contribution in [2.45, 2.75) is 27.2 Å². The van der Waals surface area contributed by atoms with Crippen molar-refractivity contribution < 1.29 is 0 Å². The minimum atomic E-state index is 0.300. The van der Waals surface area contributed by atoms with Crippen LogP contribution in [0.4, 0.5) is 17.5 Å². The van der Waals surface area contributed by atoms with Crippen LogP contribution in [0.25, 0.3) is 5.69 Å². The number of aromatic nitrogens is 4. The van der Waals surface area contributed by atoms with E-state index in [1.165, 1.54) is 0 Å². The van der Waals surface area contributed by atoms with Crippen LogP contribution in [-0.2, 0) is 0 Å². The number of hydrogen-bond donors (Lipinski definition) is 2. The second-order valence-corrected chi connectivity index (χ2v) is 7.14. The summed E-state index contributed by atoms with van der Waals surface area (Å²) in [5.74, 6) is 1.40. The summed E-state index contributed by atoms with van der Waals surface area (Å²) in [6.45, 7) is 7.58. The van der Waals surface area contributed by atoms with Crippen LogP contribution in [0.1, 0.15) is 27.2 Å². The lowest BCUT2D eigenvalue weighted by atomic mass is 9.92. The first-order valence-corrected chi connectivity index (χ1v) is 8.44. The van der Waals surface area contributed by atoms with E-state index in [2.05, 4.69) is 46.5 Å². The van der Waals surface area contributed by atoms with Gasteiger partial charge < -0.3 is 10.6 Å². The Hall–Kier alpha value is -2.89. The van der Waals surface area contributed by atoms with Crippen LogP contribution < -0.4 is 10.6 Å². The Balaban J connectivity index is 1.67. The van der Waals surface area contributed by atoms with Gasteiger partial charge in [0, 0.05) is 24.5 Å². The third-order valence-electron chi connectivity index (χ3n) is 3.71. The topological polar surface area (TPSA) is 67.7 Å². The molecule has 2 N–H and O–H groups in total. The van der Waals surface area contributed by atoms with Crippen LogP contribution in [0.3, 0.4) is 0 Å². The molecule has 130 valence electrons. The standard InChI is InChI=1S/C19H24N6/c1-19(2,3)10-12-21-17-13-16(9-11-20-17)25-14-22-18(24-25)23-15-7-5-4-6-8-15/h4-9,11,13-14H,10,12H2,1-3H3,(H,20,21)(H,23,24). The van der Waals surface area contributed by atoms with Crippen molar-refractivity contribution in [3.63, 3.8) is 0 Å². The Morgan fingerprint density at radius 2 is 1.84 bits per heavy atom. The summed E-state index contributed by atoms with van der Waals surface area (Å²) >= 11 is 0. The van der Waals surface area contributed by atoms with Crippen molar-refractivity contribution in [3.8, 4) is 5.69 Å². The molecule has 1 aromatic carbocycles. The fourth-order valence-corrected chi connectivity index (χ4v) is 2.32. The zero-order chi connectivity index (χ0) is 17.7. The first-order chi connectivity index (χ1) is 12.0. The maximum Gasteiger partial charge on any atom is 0.246 e. The van der Waals surface area contributed by atoms with Crippen molar-refractivity contribution in [2.24, 2.45) is 5.41 Å². The molecule has 0 aliphatic rings. The molecule has 0 aliphatic heterocycles. The van der Waals surface area contributed by atoms with E-state index in [1.807, 2.05) is 42.5 Å². The highest BCUT2D eigenvalue weighted by molar-refractivity contribution is 5.52. The highest BCUT2D eigenvalue weighted by Crippen LogP contribution is 2.19. The number of nitrogens with one attached hydrogen (secondary N) is 2. The first kappa shape index (κ1) is 17.0. The van der Waals surface area contributed by atoms with E-state index in [9.17, 15) is 0 Å². The molecular formula is C19H24N6. The minimum absolute atomic E-state index is 0.300. The van der Waals surface area contributed by atoms with E-state index in [4.69, 9.17) is 0 Å². The van der Waals surface area contributed by atoms with Crippen LogP contribution in [0, 0.1) is 5.41 Å². The van der Waals surface area contributed by atoms with Gasteiger partial charge >= 0.3 is 0 Å². The molecule has 6 heteroatoms. The fraction of sp³-hybridized carbons (Fsp3) is 0.316. The Labute approximate surface area is 148 Å². The molecule has 0 saturated carbocycles. The molecule has 0 spiro atoms. The third kappa shape index (κ3) is 5.04. The van der Waals surface area contributed by atoms with Crippen molar-refractivity contribution >= 4 is 17.5 Å². The van der Waals surface area contributed by atoms with Gasteiger partial charge in [-0.1, -0.05) is 39.0 Å². The summed E-state index contributed by atoms with van der Waals surface area (Å²) in [6.07, 6.45) is 4.55. The number of pyridine rings is 1. The van der Waals surface area contributed by atoms with E-state index in [1.54, 1.807) is 17.2 Å². The van der Waals surface area contributed by atoms with E-state index >= 15 is 0 Å². The molecule has 3 rings (SSSR count). The van der Waals surface area contributed by atoms with Gasteiger partial charge in [-0.3, -0.25) is 0 Å². The van der Waals surface area contributed by atoms with E-state index in [0.29, 0.717) is 11.4 Å². The molecule has 0 fully saturated rings. The molecule has 0 saturated heterocycles. The average Bonchev–Trinajstić information content (AvgIpc) is 3.03. The number of para-hydroxylation sites is 1. The van der Waals surface area contributed by atoms with Crippen LogP contribution in [-0.4, -0.2) is 26.3 Å². The van der Waals surface area contributed by atoms with Gasteiger partial charge in [0.2, 0.25) is 5.95 Å². The second kappa shape index (κ2) is 7.34. The zero-order valence-electron chi connectivity index (χ0n) is 14.9. The number of benzene rings is 1. The zero-order valence-corrected chi connectivity index (χ0v) is 14.9. The largest absolute Gasteiger partial charge is 0.370 e. The molecule has 0 aliphatic carbocycles. The lowest BCUT2D eigenvalue weighted by Gasteiger charge is -2.18. The van der Waals surface area contributed by atoms with Gasteiger partial charge in [0.1, 0.15) is 12.1 Å². The Kier molecular flexibility index (Phi) is 4.97. The van der Waals surface area contributed by atoms with Crippen molar-refractivity contribution in [2.75, 3.05) is 17.2 Å². The Bertz CT molecular complexity index is 804. The lowest BCUT2D eigenvalue weighted by Crippen LogP contribution is -2.13. The molecule has 6 nitrogen and oxygen atoms in total. The predicted molar refractivity (Wildman–Crippen MR) is 101 cm³/mol. The predicted octanol–water partition coefficient (Wildman–Crippen LogP) is 4.25. The summed E-state index contributed by atoms with van der Waals surface area (Å²) in [6, 6.07) is 13.8. The van der Waals surface area contributed by atoms with Gasteiger partial charge in [0.05, 0.1) is 5.69 Å². The van der Waals surface area contributed by atoms with Crippen molar-refractivity contribution in [1.82, 2.24) is 19.7 Å². The first-order valence-electron chi connectivity index (χ1n) is 8.44. The monoisotopic (exact) mass is 336 g/mol. The molecular weight excluding hydrogens is 312 g/mol. The number of anilines is 3. The third-order valence-corrected chi connectivity index (χ3v) is 3.71. The number of rotatable bonds is 6. The van der Waals surface area contributed by atoms with E-state index in [-0.39, 0.29) is 0 Å². The van der Waals surface area contributed by atoms with Gasteiger partial charge in [-0.05, 0) is 30.0 Å². The van der Waals surface area contributed by atoms with Gasteiger partial charge in [0.15, 0.2) is 0 Å². The van der Waals surface area contributed by atoms with Gasteiger partial charge in [-0.15, -0.1) is 5.10 Å². The van der Waals surface area contributed by atoms with Gasteiger partial charge in [-0.2, -0.15) is 4.98 Å². The van der Waals surface area contributed by atoms with Crippen molar-refractivity contribution in [3.05, 3.63) is 55.0 Å². The molecule has 0 atom stereocenters. The molecule has 3 aromatic rings. The molecule has 2 heterocycles. The van der Waals surface area contributed by atoms with Gasteiger partial charge in [-0.25, -0.2) is 9.67 Å². The second-order valence-electron chi connectivity index (χ2n) is 7.14. The van der Waals surface area contributed by atoms with E-state index in [0.717, 1.165) is 30.2 Å². The minimum Gasteiger partial charge on any atom is -0.370 e. The quantitative estimate of drug-likeness (QED) is 0.704. The Morgan fingerprint density at radius 1 is 1.04 bits per heavy atom. The number of nitrogens with zero attached hydrogens (tertiary/aromatic N) is 4. The van der Waals surface area contributed by atoms with Crippen LogP contribution in [0.5, 0.6) is 0 Å².